The Balaban J connectivity index is 1.94. The van der Waals surface area contributed by atoms with Crippen LogP contribution in [0.3, 0.4) is 0 Å². The van der Waals surface area contributed by atoms with Gasteiger partial charge in [-0.05, 0) is 12.1 Å². The van der Waals surface area contributed by atoms with Crippen LogP contribution in [0.1, 0.15) is 10.4 Å². The van der Waals surface area contributed by atoms with Crippen molar-refractivity contribution in [3.05, 3.63) is 48.5 Å². The molecule has 0 aliphatic carbocycles. The molecule has 5 nitrogen and oxygen atoms in total. The van der Waals surface area contributed by atoms with Crippen molar-refractivity contribution in [3.8, 4) is 0 Å². The predicted molar refractivity (Wildman–Crippen MR) is 53.9 cm³/mol. The molecule has 1 amide bonds. The molecule has 2 aromatic rings. The van der Waals surface area contributed by atoms with Gasteiger partial charge in [0.15, 0.2) is 0 Å². The van der Waals surface area contributed by atoms with E-state index >= 15 is 0 Å². The minimum Gasteiger partial charge on any atom is -0.333 e. The molecular weight excluding hydrogens is 192 g/mol. The van der Waals surface area contributed by atoms with E-state index in [0.29, 0.717) is 12.2 Å². The molecular formula is C10H10N4O. The van der Waals surface area contributed by atoms with Gasteiger partial charge in [0, 0.05) is 5.56 Å². The van der Waals surface area contributed by atoms with Gasteiger partial charge >= 0.3 is 0 Å². The fraction of sp³-hybridized carbons (Fsp3) is 0.100. The number of nitrogens with zero attached hydrogens (tertiary/aromatic N) is 3. The predicted octanol–water partition coefficient (Wildman–Crippen LogP) is 0.666. The van der Waals surface area contributed by atoms with E-state index in [9.17, 15) is 4.79 Å². The van der Waals surface area contributed by atoms with Crippen LogP contribution in [0, 0.1) is 0 Å². The molecule has 0 fully saturated rings. The largest absolute Gasteiger partial charge is 0.333 e. The summed E-state index contributed by atoms with van der Waals surface area (Å²) in [6.07, 6.45) is 2.97. The third kappa shape index (κ3) is 2.40. The molecule has 0 bridgehead atoms. The van der Waals surface area contributed by atoms with Crippen molar-refractivity contribution >= 4 is 5.91 Å². The van der Waals surface area contributed by atoms with Crippen LogP contribution in [0.25, 0.3) is 0 Å². The highest BCUT2D eigenvalue weighted by molar-refractivity contribution is 5.93. The fourth-order valence-corrected chi connectivity index (χ4v) is 1.16. The average Bonchev–Trinajstić information content (AvgIpc) is 2.80. The van der Waals surface area contributed by atoms with Gasteiger partial charge in [0.1, 0.15) is 19.3 Å². The molecule has 0 atom stereocenters. The number of aromatic nitrogens is 3. The average molecular weight is 202 g/mol. The van der Waals surface area contributed by atoms with Crippen LogP contribution in [-0.2, 0) is 6.67 Å². The minimum absolute atomic E-state index is 0.119. The maximum absolute atomic E-state index is 11.6. The molecule has 1 heterocycles. The molecule has 0 saturated heterocycles. The van der Waals surface area contributed by atoms with Gasteiger partial charge in [-0.2, -0.15) is 5.10 Å². The molecule has 0 aliphatic rings. The summed E-state index contributed by atoms with van der Waals surface area (Å²) in [5.74, 6) is -0.119. The highest BCUT2D eigenvalue weighted by Gasteiger charge is 2.02. The lowest BCUT2D eigenvalue weighted by Crippen LogP contribution is -2.26. The lowest BCUT2D eigenvalue weighted by molar-refractivity contribution is 0.0940. The zero-order chi connectivity index (χ0) is 10.5. The third-order valence-electron chi connectivity index (χ3n) is 1.90. The van der Waals surface area contributed by atoms with Gasteiger partial charge in [0.05, 0.1) is 0 Å². The topological polar surface area (TPSA) is 59.8 Å². The van der Waals surface area contributed by atoms with Crippen molar-refractivity contribution in [2.75, 3.05) is 0 Å². The maximum Gasteiger partial charge on any atom is 0.252 e. The van der Waals surface area contributed by atoms with E-state index in [-0.39, 0.29) is 5.91 Å². The SMILES string of the molecule is O=C(NCn1cncn1)c1ccccc1. The van der Waals surface area contributed by atoms with Crippen molar-refractivity contribution in [1.82, 2.24) is 20.1 Å². The smallest absolute Gasteiger partial charge is 0.252 e. The first-order valence-corrected chi connectivity index (χ1v) is 4.52. The van der Waals surface area contributed by atoms with Gasteiger partial charge in [-0.3, -0.25) is 4.79 Å². The molecule has 0 saturated carbocycles. The summed E-state index contributed by atoms with van der Waals surface area (Å²) in [6, 6.07) is 9.04. The van der Waals surface area contributed by atoms with Crippen LogP contribution in [-0.4, -0.2) is 20.7 Å². The number of benzene rings is 1. The van der Waals surface area contributed by atoms with Crippen molar-refractivity contribution < 1.29 is 4.79 Å². The Hall–Kier alpha value is -2.17. The molecule has 0 spiro atoms. The molecule has 1 aromatic carbocycles. The molecule has 0 aliphatic heterocycles. The van der Waals surface area contributed by atoms with E-state index in [1.54, 1.807) is 23.1 Å². The summed E-state index contributed by atoms with van der Waals surface area (Å²) >= 11 is 0. The monoisotopic (exact) mass is 202 g/mol. The lowest BCUT2D eigenvalue weighted by Gasteiger charge is -2.04. The molecule has 0 unspecified atom stereocenters. The second-order valence-electron chi connectivity index (χ2n) is 2.96. The van der Waals surface area contributed by atoms with Crippen molar-refractivity contribution in [3.63, 3.8) is 0 Å². The molecule has 76 valence electrons. The number of nitrogens with one attached hydrogen (secondary N) is 1. The van der Waals surface area contributed by atoms with Crippen molar-refractivity contribution in [1.29, 1.82) is 0 Å². The number of carbonyl (C=O) groups excluding carboxylic acids is 1. The van der Waals surface area contributed by atoms with Gasteiger partial charge in [0.25, 0.3) is 5.91 Å². The number of hydrogen-bond donors (Lipinski definition) is 1. The summed E-state index contributed by atoms with van der Waals surface area (Å²) in [6.45, 7) is 0.327. The van der Waals surface area contributed by atoms with Crippen LogP contribution < -0.4 is 5.32 Å². The van der Waals surface area contributed by atoms with Crippen LogP contribution in [0.4, 0.5) is 0 Å². The van der Waals surface area contributed by atoms with E-state index in [2.05, 4.69) is 15.4 Å². The summed E-state index contributed by atoms with van der Waals surface area (Å²) in [5, 5.41) is 6.60. The zero-order valence-electron chi connectivity index (χ0n) is 8.00. The van der Waals surface area contributed by atoms with E-state index in [0.717, 1.165) is 0 Å². The Morgan fingerprint density at radius 2 is 2.13 bits per heavy atom. The van der Waals surface area contributed by atoms with Crippen LogP contribution in [0.15, 0.2) is 43.0 Å². The third-order valence-corrected chi connectivity index (χ3v) is 1.90. The second kappa shape index (κ2) is 4.36. The summed E-state index contributed by atoms with van der Waals surface area (Å²) < 4.78 is 1.54. The van der Waals surface area contributed by atoms with Gasteiger partial charge in [-0.1, -0.05) is 18.2 Å². The summed E-state index contributed by atoms with van der Waals surface area (Å²) in [4.78, 5) is 15.3. The van der Waals surface area contributed by atoms with Crippen molar-refractivity contribution in [2.45, 2.75) is 6.67 Å². The van der Waals surface area contributed by atoms with Gasteiger partial charge in [-0.15, -0.1) is 0 Å². The Kier molecular flexibility index (Phi) is 2.73. The van der Waals surface area contributed by atoms with Crippen LogP contribution >= 0.6 is 0 Å². The van der Waals surface area contributed by atoms with Gasteiger partial charge in [-0.25, -0.2) is 9.67 Å². The lowest BCUT2D eigenvalue weighted by atomic mass is 10.2. The minimum atomic E-state index is -0.119. The van der Waals surface area contributed by atoms with E-state index < -0.39 is 0 Å². The molecule has 2 rings (SSSR count). The highest BCUT2D eigenvalue weighted by atomic mass is 16.1. The van der Waals surface area contributed by atoms with Crippen LogP contribution in [0.2, 0.25) is 0 Å². The molecule has 1 N–H and O–H groups in total. The Labute approximate surface area is 86.8 Å². The molecule has 1 aromatic heterocycles. The van der Waals surface area contributed by atoms with Gasteiger partial charge < -0.3 is 5.32 Å². The zero-order valence-corrected chi connectivity index (χ0v) is 8.00. The van der Waals surface area contributed by atoms with E-state index in [4.69, 9.17) is 0 Å². The summed E-state index contributed by atoms with van der Waals surface area (Å²) in [7, 11) is 0. The first-order chi connectivity index (χ1) is 7.36. The van der Waals surface area contributed by atoms with Crippen molar-refractivity contribution in [2.24, 2.45) is 0 Å². The Morgan fingerprint density at radius 1 is 1.33 bits per heavy atom. The standard InChI is InChI=1S/C10H10N4O/c15-10(9-4-2-1-3-5-9)12-8-14-7-11-6-13-14/h1-7H,8H2,(H,12,15). The quantitative estimate of drug-likeness (QED) is 0.795. The molecule has 0 radical (unpaired) electrons. The fourth-order valence-electron chi connectivity index (χ4n) is 1.16. The number of hydrogen-bond acceptors (Lipinski definition) is 3. The number of carbonyl (C=O) groups is 1. The first-order valence-electron chi connectivity index (χ1n) is 4.52. The van der Waals surface area contributed by atoms with Gasteiger partial charge in [0.2, 0.25) is 0 Å². The molecule has 15 heavy (non-hydrogen) atoms. The number of amides is 1. The second-order valence-corrected chi connectivity index (χ2v) is 2.96. The highest BCUT2D eigenvalue weighted by Crippen LogP contribution is 1.97. The van der Waals surface area contributed by atoms with E-state index in [1.807, 2.05) is 18.2 Å². The van der Waals surface area contributed by atoms with E-state index in [1.165, 1.54) is 6.33 Å². The Morgan fingerprint density at radius 3 is 2.80 bits per heavy atom. The van der Waals surface area contributed by atoms with Crippen LogP contribution in [0.5, 0.6) is 0 Å². The first kappa shape index (κ1) is 9.39. The number of rotatable bonds is 3. The normalized spacial score (nSPS) is 9.87. The summed E-state index contributed by atoms with van der Waals surface area (Å²) in [5.41, 5.74) is 0.637. The Bertz CT molecular complexity index is 424. The maximum atomic E-state index is 11.6. The molecule has 5 heteroatoms.